The van der Waals surface area contributed by atoms with Crippen molar-refractivity contribution in [1.29, 1.82) is 0 Å². The first-order valence-corrected chi connectivity index (χ1v) is 5.75. The number of hydrogen-bond donors (Lipinski definition) is 2. The summed E-state index contributed by atoms with van der Waals surface area (Å²) in [5.41, 5.74) is 0. The molecule has 17 heavy (non-hydrogen) atoms. The summed E-state index contributed by atoms with van der Waals surface area (Å²) in [5, 5.41) is 11.8. The van der Waals surface area contributed by atoms with Crippen LogP contribution in [0.1, 0.15) is 12.8 Å². The molecule has 0 aromatic rings. The summed E-state index contributed by atoms with van der Waals surface area (Å²) in [5.74, 6) is -0.819. The van der Waals surface area contributed by atoms with Gasteiger partial charge in [-0.15, -0.1) is 0 Å². The van der Waals surface area contributed by atoms with E-state index in [2.05, 4.69) is 5.32 Å². The Balaban J connectivity index is 2.33. The van der Waals surface area contributed by atoms with E-state index in [1.165, 1.54) is 0 Å². The number of carbonyl (C=O) groups excluding carboxylic acids is 1. The third-order valence-electron chi connectivity index (χ3n) is 2.82. The minimum absolute atomic E-state index is 0.108. The molecule has 0 aromatic heterocycles. The van der Waals surface area contributed by atoms with Crippen LogP contribution >= 0.6 is 0 Å². The molecular formula is C11H20N2O4. The van der Waals surface area contributed by atoms with Gasteiger partial charge in [-0.2, -0.15) is 0 Å². The highest BCUT2D eigenvalue weighted by atomic mass is 16.5. The number of aliphatic carboxylic acids is 1. The third kappa shape index (κ3) is 4.70. The van der Waals surface area contributed by atoms with E-state index in [4.69, 9.17) is 9.84 Å². The molecule has 0 spiro atoms. The number of carboxylic acid groups (broad SMARTS) is 1. The lowest BCUT2D eigenvalue weighted by molar-refractivity contribution is -0.144. The van der Waals surface area contributed by atoms with Crippen LogP contribution in [0, 0.1) is 5.92 Å². The Morgan fingerprint density at radius 3 is 2.65 bits per heavy atom. The lowest BCUT2D eigenvalue weighted by atomic mass is 10.1. The fraction of sp³-hybridized carbons (Fsp3) is 0.818. The molecule has 0 aliphatic heterocycles. The lowest BCUT2D eigenvalue weighted by Gasteiger charge is -2.23. The van der Waals surface area contributed by atoms with Crippen LogP contribution in [0.3, 0.4) is 0 Å². The zero-order valence-corrected chi connectivity index (χ0v) is 10.3. The molecule has 0 bridgehead atoms. The van der Waals surface area contributed by atoms with Gasteiger partial charge in [-0.05, 0) is 25.8 Å². The maximum absolute atomic E-state index is 11.5. The van der Waals surface area contributed by atoms with Crippen molar-refractivity contribution in [3.05, 3.63) is 0 Å². The molecule has 1 fully saturated rings. The number of carbonyl (C=O) groups is 2. The largest absolute Gasteiger partial charge is 0.480 e. The van der Waals surface area contributed by atoms with Gasteiger partial charge >= 0.3 is 5.97 Å². The van der Waals surface area contributed by atoms with Gasteiger partial charge < -0.3 is 15.2 Å². The fourth-order valence-electron chi connectivity index (χ4n) is 1.84. The van der Waals surface area contributed by atoms with Crippen molar-refractivity contribution in [2.45, 2.75) is 18.9 Å². The molecular weight excluding hydrogens is 224 g/mol. The van der Waals surface area contributed by atoms with Crippen LogP contribution in [0.25, 0.3) is 0 Å². The molecule has 1 atom stereocenters. The van der Waals surface area contributed by atoms with Crippen LogP contribution in [0.15, 0.2) is 0 Å². The maximum atomic E-state index is 11.5. The number of nitrogens with zero attached hydrogens (tertiary/aromatic N) is 1. The van der Waals surface area contributed by atoms with E-state index in [0.29, 0.717) is 13.2 Å². The number of methoxy groups -OCH3 is 1. The summed E-state index contributed by atoms with van der Waals surface area (Å²) in [4.78, 5) is 24.2. The molecule has 98 valence electrons. The van der Waals surface area contributed by atoms with Gasteiger partial charge in [0.15, 0.2) is 0 Å². The number of amides is 1. The summed E-state index contributed by atoms with van der Waals surface area (Å²) in [6.07, 6.45) is 1.87. The summed E-state index contributed by atoms with van der Waals surface area (Å²) in [7, 11) is 3.23. The molecule has 6 nitrogen and oxygen atoms in total. The monoisotopic (exact) mass is 244 g/mol. The molecule has 2 N–H and O–H groups in total. The number of ether oxygens (including phenoxy) is 1. The Hall–Kier alpha value is -1.14. The van der Waals surface area contributed by atoms with E-state index in [9.17, 15) is 9.59 Å². The minimum atomic E-state index is -0.848. The number of likely N-dealkylation sites (N-methyl/N-ethyl adjacent to an activating group) is 1. The quantitative estimate of drug-likeness (QED) is 0.565. The Bertz CT molecular complexity index is 279. The van der Waals surface area contributed by atoms with Crippen molar-refractivity contribution in [2.24, 2.45) is 5.92 Å². The highest BCUT2D eigenvalue weighted by Gasteiger charge is 2.39. The first-order valence-electron chi connectivity index (χ1n) is 5.75. The number of nitrogens with one attached hydrogen (secondary N) is 1. The summed E-state index contributed by atoms with van der Waals surface area (Å²) < 4.78 is 4.81. The first-order chi connectivity index (χ1) is 8.06. The van der Waals surface area contributed by atoms with Gasteiger partial charge in [0.2, 0.25) is 5.91 Å². The van der Waals surface area contributed by atoms with Crippen molar-refractivity contribution >= 4 is 11.9 Å². The van der Waals surface area contributed by atoms with E-state index in [0.717, 1.165) is 12.8 Å². The van der Waals surface area contributed by atoms with Gasteiger partial charge in [-0.25, -0.2) is 0 Å². The van der Waals surface area contributed by atoms with Crippen LogP contribution < -0.4 is 5.32 Å². The SMILES string of the molecule is COCCNC(=O)CN(C)C(C(=O)O)C1CC1. The second-order valence-electron chi connectivity index (χ2n) is 4.38. The Morgan fingerprint density at radius 1 is 1.53 bits per heavy atom. The van der Waals surface area contributed by atoms with Gasteiger partial charge in [0.1, 0.15) is 6.04 Å². The topological polar surface area (TPSA) is 78.9 Å². The van der Waals surface area contributed by atoms with Crippen LogP contribution in [0.2, 0.25) is 0 Å². The molecule has 0 saturated heterocycles. The molecule has 1 amide bonds. The van der Waals surface area contributed by atoms with E-state index < -0.39 is 12.0 Å². The maximum Gasteiger partial charge on any atom is 0.321 e. The highest BCUT2D eigenvalue weighted by molar-refractivity contribution is 5.80. The number of hydrogen-bond acceptors (Lipinski definition) is 4. The zero-order valence-electron chi connectivity index (χ0n) is 10.3. The Labute approximate surface area is 101 Å². The Kier molecular flexibility index (Phi) is 5.37. The van der Waals surface area contributed by atoms with Crippen LogP contribution in [0.5, 0.6) is 0 Å². The average Bonchev–Trinajstić information content (AvgIpc) is 3.01. The molecule has 0 heterocycles. The van der Waals surface area contributed by atoms with Gasteiger partial charge in [-0.1, -0.05) is 0 Å². The van der Waals surface area contributed by atoms with Gasteiger partial charge in [-0.3, -0.25) is 14.5 Å². The molecule has 1 saturated carbocycles. The summed E-state index contributed by atoms with van der Waals surface area (Å²) in [6.45, 7) is 1.02. The molecule has 0 aromatic carbocycles. The Morgan fingerprint density at radius 2 is 2.18 bits per heavy atom. The van der Waals surface area contributed by atoms with Crippen molar-refractivity contribution in [2.75, 3.05) is 33.9 Å². The standard InChI is InChI=1S/C11H20N2O4/c1-13(7-9(14)12-5-6-17-2)10(11(15)16)8-3-4-8/h8,10H,3-7H2,1-2H3,(H,12,14)(H,15,16). The normalized spacial score (nSPS) is 16.9. The first kappa shape index (κ1) is 13.9. The van der Waals surface area contributed by atoms with E-state index in [1.54, 1.807) is 19.1 Å². The van der Waals surface area contributed by atoms with Crippen molar-refractivity contribution in [3.63, 3.8) is 0 Å². The van der Waals surface area contributed by atoms with Crippen LogP contribution in [-0.4, -0.2) is 61.8 Å². The second-order valence-corrected chi connectivity index (χ2v) is 4.38. The number of carboxylic acids is 1. The second kappa shape index (κ2) is 6.56. The average molecular weight is 244 g/mol. The van der Waals surface area contributed by atoms with Crippen LogP contribution in [-0.2, 0) is 14.3 Å². The molecule has 1 aliphatic rings. The smallest absolute Gasteiger partial charge is 0.321 e. The molecule has 1 aliphatic carbocycles. The van der Waals surface area contributed by atoms with Gasteiger partial charge in [0.25, 0.3) is 0 Å². The van der Waals surface area contributed by atoms with Crippen LogP contribution in [0.4, 0.5) is 0 Å². The summed E-state index contributed by atoms with van der Waals surface area (Å²) in [6, 6.07) is -0.539. The summed E-state index contributed by atoms with van der Waals surface area (Å²) >= 11 is 0. The lowest BCUT2D eigenvalue weighted by Crippen LogP contribution is -2.45. The van der Waals surface area contributed by atoms with E-state index >= 15 is 0 Å². The van der Waals surface area contributed by atoms with Gasteiger partial charge in [0.05, 0.1) is 13.2 Å². The van der Waals surface area contributed by atoms with Crippen molar-refractivity contribution in [3.8, 4) is 0 Å². The van der Waals surface area contributed by atoms with E-state index in [-0.39, 0.29) is 18.4 Å². The van der Waals surface area contributed by atoms with Crippen molar-refractivity contribution in [1.82, 2.24) is 10.2 Å². The molecule has 1 unspecified atom stereocenters. The third-order valence-corrected chi connectivity index (χ3v) is 2.82. The van der Waals surface area contributed by atoms with Crippen molar-refractivity contribution < 1.29 is 19.4 Å². The predicted octanol–water partition coefficient (Wildman–Crippen LogP) is -0.456. The molecule has 6 heteroatoms. The van der Waals surface area contributed by atoms with Gasteiger partial charge in [0, 0.05) is 13.7 Å². The molecule has 1 rings (SSSR count). The fourth-order valence-corrected chi connectivity index (χ4v) is 1.84. The molecule has 0 radical (unpaired) electrons. The highest BCUT2D eigenvalue weighted by Crippen LogP contribution is 2.34. The number of rotatable bonds is 8. The zero-order chi connectivity index (χ0) is 12.8. The van der Waals surface area contributed by atoms with E-state index in [1.807, 2.05) is 0 Å². The predicted molar refractivity (Wildman–Crippen MR) is 61.7 cm³/mol. The minimum Gasteiger partial charge on any atom is -0.480 e.